The largest absolute Gasteiger partial charge is 0.472 e. The Balaban J connectivity index is 2.18. The summed E-state index contributed by atoms with van der Waals surface area (Å²) in [5.41, 5.74) is 0.949. The van der Waals surface area contributed by atoms with Crippen LogP contribution in [0.2, 0.25) is 0 Å². The highest BCUT2D eigenvalue weighted by Crippen LogP contribution is 2.25. The molecule has 3 heteroatoms. The van der Waals surface area contributed by atoms with Crippen molar-refractivity contribution in [2.24, 2.45) is 0 Å². The molecule has 1 atom stereocenters. The molecule has 2 aromatic heterocycles. The molecule has 0 saturated carbocycles. The summed E-state index contributed by atoms with van der Waals surface area (Å²) < 4.78 is 4.97. The monoisotopic (exact) mass is 203 g/mol. The molecule has 0 aliphatic carbocycles. The predicted molar refractivity (Wildman–Crippen MR) is 56.2 cm³/mol. The standard InChI is InChI=1S/C12H13NO2/c1-12(14,11-4-7-15-9-11)8-10-2-5-13-6-3-10/h2-7,9,14H,8H2,1H3. The highest BCUT2D eigenvalue weighted by Gasteiger charge is 2.24. The van der Waals surface area contributed by atoms with Gasteiger partial charge >= 0.3 is 0 Å². The van der Waals surface area contributed by atoms with Crippen molar-refractivity contribution in [3.05, 3.63) is 54.2 Å². The molecule has 0 saturated heterocycles. The number of hydrogen-bond donors (Lipinski definition) is 1. The highest BCUT2D eigenvalue weighted by atomic mass is 16.3. The zero-order valence-corrected chi connectivity index (χ0v) is 8.55. The minimum atomic E-state index is -0.894. The Kier molecular flexibility index (Phi) is 2.56. The summed E-state index contributed by atoms with van der Waals surface area (Å²) in [7, 11) is 0. The molecule has 0 bridgehead atoms. The van der Waals surface area contributed by atoms with E-state index in [1.807, 2.05) is 12.1 Å². The van der Waals surface area contributed by atoms with Gasteiger partial charge in [-0.05, 0) is 30.7 Å². The van der Waals surface area contributed by atoms with E-state index in [1.165, 1.54) is 0 Å². The lowest BCUT2D eigenvalue weighted by Gasteiger charge is -2.21. The van der Waals surface area contributed by atoms with Gasteiger partial charge in [-0.3, -0.25) is 4.98 Å². The van der Waals surface area contributed by atoms with Gasteiger partial charge in [0.25, 0.3) is 0 Å². The Bertz CT molecular complexity index is 406. The van der Waals surface area contributed by atoms with Crippen LogP contribution in [0.1, 0.15) is 18.1 Å². The van der Waals surface area contributed by atoms with Crippen LogP contribution >= 0.6 is 0 Å². The number of hydrogen-bond acceptors (Lipinski definition) is 3. The van der Waals surface area contributed by atoms with Gasteiger partial charge in [-0.15, -0.1) is 0 Å². The first-order valence-corrected chi connectivity index (χ1v) is 4.82. The van der Waals surface area contributed by atoms with Crippen molar-refractivity contribution in [1.82, 2.24) is 4.98 Å². The molecule has 15 heavy (non-hydrogen) atoms. The number of furan rings is 1. The maximum Gasteiger partial charge on any atom is 0.0963 e. The third-order valence-corrected chi connectivity index (χ3v) is 2.44. The minimum absolute atomic E-state index is 0.551. The molecule has 3 nitrogen and oxygen atoms in total. The SMILES string of the molecule is CC(O)(Cc1ccncc1)c1ccoc1. The van der Waals surface area contributed by atoms with E-state index >= 15 is 0 Å². The van der Waals surface area contributed by atoms with Crippen LogP contribution in [-0.2, 0) is 12.0 Å². The second-order valence-corrected chi connectivity index (χ2v) is 3.82. The van der Waals surface area contributed by atoms with Crippen molar-refractivity contribution < 1.29 is 9.52 Å². The Morgan fingerprint density at radius 2 is 2.07 bits per heavy atom. The van der Waals surface area contributed by atoms with Crippen LogP contribution in [0.3, 0.4) is 0 Å². The van der Waals surface area contributed by atoms with Gasteiger partial charge in [-0.2, -0.15) is 0 Å². The molecule has 2 heterocycles. The van der Waals surface area contributed by atoms with E-state index in [0.29, 0.717) is 6.42 Å². The van der Waals surface area contributed by atoms with E-state index in [1.54, 1.807) is 37.9 Å². The second kappa shape index (κ2) is 3.87. The van der Waals surface area contributed by atoms with Crippen LogP contribution in [-0.4, -0.2) is 10.1 Å². The quantitative estimate of drug-likeness (QED) is 0.831. The first kappa shape index (κ1) is 9.93. The number of pyridine rings is 1. The fourth-order valence-electron chi connectivity index (χ4n) is 1.57. The van der Waals surface area contributed by atoms with Gasteiger partial charge in [-0.25, -0.2) is 0 Å². The maximum atomic E-state index is 10.2. The van der Waals surface area contributed by atoms with E-state index in [-0.39, 0.29) is 0 Å². The van der Waals surface area contributed by atoms with Gasteiger partial charge in [0.05, 0.1) is 18.1 Å². The van der Waals surface area contributed by atoms with Crippen molar-refractivity contribution >= 4 is 0 Å². The molecule has 0 aliphatic heterocycles. The normalized spacial score (nSPS) is 14.8. The topological polar surface area (TPSA) is 46.3 Å². The third-order valence-electron chi connectivity index (χ3n) is 2.44. The van der Waals surface area contributed by atoms with Crippen molar-refractivity contribution in [2.45, 2.75) is 18.9 Å². The molecule has 1 N–H and O–H groups in total. The summed E-state index contributed by atoms with van der Waals surface area (Å²) in [5, 5.41) is 10.2. The molecule has 0 aromatic carbocycles. The molecule has 0 amide bonds. The molecule has 0 spiro atoms. The van der Waals surface area contributed by atoms with Gasteiger partial charge in [0.2, 0.25) is 0 Å². The molecule has 78 valence electrons. The van der Waals surface area contributed by atoms with Crippen molar-refractivity contribution in [1.29, 1.82) is 0 Å². The maximum absolute atomic E-state index is 10.2. The predicted octanol–water partition coefficient (Wildman–Crippen LogP) is 2.12. The van der Waals surface area contributed by atoms with Gasteiger partial charge in [-0.1, -0.05) is 0 Å². The smallest absolute Gasteiger partial charge is 0.0963 e. The summed E-state index contributed by atoms with van der Waals surface area (Å²) in [6.07, 6.45) is 7.13. The molecular formula is C12H13NO2. The number of nitrogens with zero attached hydrogens (tertiary/aromatic N) is 1. The van der Waals surface area contributed by atoms with E-state index in [2.05, 4.69) is 4.98 Å². The van der Waals surface area contributed by atoms with E-state index in [0.717, 1.165) is 11.1 Å². The number of rotatable bonds is 3. The Hall–Kier alpha value is -1.61. The average molecular weight is 203 g/mol. The van der Waals surface area contributed by atoms with Crippen molar-refractivity contribution in [3.8, 4) is 0 Å². The van der Waals surface area contributed by atoms with Gasteiger partial charge in [0.1, 0.15) is 0 Å². The molecule has 0 fully saturated rings. The molecule has 1 unspecified atom stereocenters. The summed E-state index contributed by atoms with van der Waals surface area (Å²) in [6, 6.07) is 5.57. The summed E-state index contributed by atoms with van der Waals surface area (Å²) >= 11 is 0. The zero-order valence-electron chi connectivity index (χ0n) is 8.55. The van der Waals surface area contributed by atoms with Crippen LogP contribution in [0.15, 0.2) is 47.5 Å². The van der Waals surface area contributed by atoms with Gasteiger partial charge in [0.15, 0.2) is 0 Å². The lowest BCUT2D eigenvalue weighted by molar-refractivity contribution is 0.0570. The lowest BCUT2D eigenvalue weighted by Crippen LogP contribution is -2.23. The summed E-state index contributed by atoms with van der Waals surface area (Å²) in [4.78, 5) is 3.94. The summed E-state index contributed by atoms with van der Waals surface area (Å²) in [6.45, 7) is 1.78. The first-order chi connectivity index (χ1) is 7.18. The van der Waals surface area contributed by atoms with Gasteiger partial charge in [0, 0.05) is 24.4 Å². The third kappa shape index (κ3) is 2.25. The Morgan fingerprint density at radius 3 is 2.67 bits per heavy atom. The fraction of sp³-hybridized carbons (Fsp3) is 0.250. The van der Waals surface area contributed by atoms with Crippen molar-refractivity contribution in [3.63, 3.8) is 0 Å². The molecular weight excluding hydrogens is 190 g/mol. The number of aliphatic hydroxyl groups is 1. The minimum Gasteiger partial charge on any atom is -0.472 e. The molecule has 0 radical (unpaired) electrons. The lowest BCUT2D eigenvalue weighted by atomic mass is 9.91. The molecule has 2 rings (SSSR count). The summed E-state index contributed by atoms with van der Waals surface area (Å²) in [5.74, 6) is 0. The van der Waals surface area contributed by atoms with E-state index < -0.39 is 5.60 Å². The van der Waals surface area contributed by atoms with E-state index in [4.69, 9.17) is 4.42 Å². The van der Waals surface area contributed by atoms with Gasteiger partial charge < -0.3 is 9.52 Å². The van der Waals surface area contributed by atoms with Crippen LogP contribution in [0.25, 0.3) is 0 Å². The van der Waals surface area contributed by atoms with Crippen molar-refractivity contribution in [2.75, 3.05) is 0 Å². The Labute approximate surface area is 88.4 Å². The average Bonchev–Trinajstić information content (AvgIpc) is 2.71. The first-order valence-electron chi connectivity index (χ1n) is 4.82. The molecule has 2 aromatic rings. The van der Waals surface area contributed by atoms with Crippen LogP contribution in [0, 0.1) is 0 Å². The fourth-order valence-corrected chi connectivity index (χ4v) is 1.57. The number of aromatic nitrogens is 1. The Morgan fingerprint density at radius 1 is 1.33 bits per heavy atom. The van der Waals surface area contributed by atoms with E-state index in [9.17, 15) is 5.11 Å². The highest BCUT2D eigenvalue weighted by molar-refractivity contribution is 5.21. The zero-order chi connectivity index (χ0) is 10.7. The van der Waals surface area contributed by atoms with Crippen LogP contribution in [0.5, 0.6) is 0 Å². The van der Waals surface area contributed by atoms with Crippen LogP contribution in [0.4, 0.5) is 0 Å². The second-order valence-electron chi connectivity index (χ2n) is 3.82. The van der Waals surface area contributed by atoms with Crippen LogP contribution < -0.4 is 0 Å². The molecule has 0 aliphatic rings.